The zero-order valence-electron chi connectivity index (χ0n) is 27.9. The summed E-state index contributed by atoms with van der Waals surface area (Å²) >= 11 is 3.44. The number of methoxy groups -OCH3 is 1. The predicted molar refractivity (Wildman–Crippen MR) is 193 cm³/mol. The van der Waals surface area contributed by atoms with Gasteiger partial charge in [0.15, 0.2) is 0 Å². The minimum Gasteiger partial charge on any atom is -0.478 e. The van der Waals surface area contributed by atoms with E-state index < -0.39 is 5.97 Å². The number of carboxylic acids is 1. The van der Waals surface area contributed by atoms with Gasteiger partial charge in [0.2, 0.25) is 11.8 Å². The summed E-state index contributed by atoms with van der Waals surface area (Å²) in [6, 6.07) is 30.4. The number of nitrogens with zero attached hydrogens (tertiary/aromatic N) is 2. The molecule has 0 unspecified atom stereocenters. The average molecular weight is 693 g/mol. The van der Waals surface area contributed by atoms with Crippen molar-refractivity contribution in [2.24, 2.45) is 0 Å². The van der Waals surface area contributed by atoms with Crippen molar-refractivity contribution in [2.75, 3.05) is 7.11 Å². The van der Waals surface area contributed by atoms with Crippen molar-refractivity contribution < 1.29 is 28.3 Å². The Morgan fingerprint density at radius 2 is 1.00 bits per heavy atom. The molecule has 6 rings (SSSR count). The number of carboxylic acid groups (broad SMARTS) is 1. The molecule has 0 fully saturated rings. The summed E-state index contributed by atoms with van der Waals surface area (Å²) in [5.74, 6) is 2.85. The molecule has 0 saturated carbocycles. The molecule has 0 aliphatic heterocycles. The second kappa shape index (κ2) is 16.4. The molecular formula is C39H36N2O6S2. The zero-order chi connectivity index (χ0) is 34.9. The Bertz CT molecular complexity index is 2010. The lowest BCUT2D eigenvalue weighted by Gasteiger charge is -2.00. The highest BCUT2D eigenvalue weighted by molar-refractivity contribution is 7.98. The number of carbonyl (C=O) groups is 2. The first-order valence-electron chi connectivity index (χ1n) is 15.4. The summed E-state index contributed by atoms with van der Waals surface area (Å²) in [4.78, 5) is 34.0. The van der Waals surface area contributed by atoms with Crippen molar-refractivity contribution in [3.8, 4) is 22.9 Å². The van der Waals surface area contributed by atoms with Gasteiger partial charge in [0, 0.05) is 32.4 Å². The van der Waals surface area contributed by atoms with Crippen molar-refractivity contribution in [3.05, 3.63) is 142 Å². The van der Waals surface area contributed by atoms with Crippen LogP contribution in [0.2, 0.25) is 0 Å². The van der Waals surface area contributed by atoms with Gasteiger partial charge in [-0.2, -0.15) is 0 Å². The number of oxazole rings is 2. The summed E-state index contributed by atoms with van der Waals surface area (Å²) in [5.41, 5.74) is 6.68. The van der Waals surface area contributed by atoms with Gasteiger partial charge in [-0.1, -0.05) is 35.4 Å². The largest absolute Gasteiger partial charge is 0.478 e. The van der Waals surface area contributed by atoms with E-state index in [2.05, 4.69) is 72.3 Å². The smallest absolute Gasteiger partial charge is 0.337 e. The standard InChI is InChI=1S/C20H19NO3S.C19H17NO3S/c1-13-4-10-17(11-5-13)25-12-18-14(2)24-19(21-18)15-6-8-16(9-7-15)20(22)23-3;1-12-3-9-16(10-4-12)24-11-17-13(2)23-18(20-17)14-5-7-15(8-6-14)19(21)22/h4-11H,12H2,1-3H3;3-10H,11H2,1-2H3,(H,21,22). The summed E-state index contributed by atoms with van der Waals surface area (Å²) < 4.78 is 16.2. The zero-order valence-corrected chi connectivity index (χ0v) is 29.5. The number of thioether (sulfide) groups is 2. The molecule has 2 heterocycles. The maximum absolute atomic E-state index is 11.5. The van der Waals surface area contributed by atoms with E-state index in [0.717, 1.165) is 45.5 Å². The van der Waals surface area contributed by atoms with E-state index in [4.69, 9.17) is 18.7 Å². The molecule has 250 valence electrons. The fourth-order valence-electron chi connectivity index (χ4n) is 4.57. The molecule has 0 radical (unpaired) electrons. The molecule has 0 spiro atoms. The van der Waals surface area contributed by atoms with E-state index in [1.165, 1.54) is 28.0 Å². The van der Waals surface area contributed by atoms with E-state index >= 15 is 0 Å². The lowest BCUT2D eigenvalue weighted by Crippen LogP contribution is -2.00. The van der Waals surface area contributed by atoms with Gasteiger partial charge in [0.1, 0.15) is 11.5 Å². The van der Waals surface area contributed by atoms with E-state index in [1.54, 1.807) is 59.9 Å². The molecule has 49 heavy (non-hydrogen) atoms. The van der Waals surface area contributed by atoms with Crippen molar-refractivity contribution in [1.29, 1.82) is 0 Å². The molecular weight excluding hydrogens is 657 g/mol. The van der Waals surface area contributed by atoms with E-state index in [9.17, 15) is 9.59 Å². The average Bonchev–Trinajstić information content (AvgIpc) is 3.69. The Balaban J connectivity index is 0.000000191. The monoisotopic (exact) mass is 692 g/mol. The minimum atomic E-state index is -0.944. The Morgan fingerprint density at radius 3 is 1.37 bits per heavy atom. The van der Waals surface area contributed by atoms with E-state index in [-0.39, 0.29) is 11.5 Å². The number of aromatic nitrogens is 2. The number of carbonyl (C=O) groups excluding carboxylic acids is 1. The van der Waals surface area contributed by atoms with Crippen LogP contribution >= 0.6 is 23.5 Å². The molecule has 2 aromatic heterocycles. The first-order valence-corrected chi connectivity index (χ1v) is 17.4. The Hall–Kier alpha value is -5.06. The minimum absolute atomic E-state index is 0.247. The molecule has 6 aromatic rings. The van der Waals surface area contributed by atoms with Gasteiger partial charge in [0.25, 0.3) is 0 Å². The molecule has 0 saturated heterocycles. The van der Waals surface area contributed by atoms with Crippen molar-refractivity contribution in [3.63, 3.8) is 0 Å². The van der Waals surface area contributed by atoms with Crippen LogP contribution in [0.4, 0.5) is 0 Å². The van der Waals surface area contributed by atoms with Gasteiger partial charge < -0.3 is 18.7 Å². The normalized spacial score (nSPS) is 10.7. The number of aryl methyl sites for hydroxylation is 4. The highest BCUT2D eigenvalue weighted by Gasteiger charge is 2.14. The highest BCUT2D eigenvalue weighted by atomic mass is 32.2. The molecule has 8 nitrogen and oxygen atoms in total. The van der Waals surface area contributed by atoms with Gasteiger partial charge >= 0.3 is 11.9 Å². The van der Waals surface area contributed by atoms with E-state index in [0.29, 0.717) is 17.3 Å². The first-order chi connectivity index (χ1) is 23.6. The number of hydrogen-bond donors (Lipinski definition) is 1. The topological polar surface area (TPSA) is 116 Å². The van der Waals surface area contributed by atoms with Crippen molar-refractivity contribution in [1.82, 2.24) is 9.97 Å². The lowest BCUT2D eigenvalue weighted by atomic mass is 10.1. The quantitative estimate of drug-likeness (QED) is 0.110. The molecule has 10 heteroatoms. The highest BCUT2D eigenvalue weighted by Crippen LogP contribution is 2.29. The third-order valence-electron chi connectivity index (χ3n) is 7.51. The van der Waals surface area contributed by atoms with Crippen LogP contribution in [0.1, 0.15) is 54.8 Å². The fourth-order valence-corrected chi connectivity index (χ4v) is 6.36. The van der Waals surface area contributed by atoms with Crippen LogP contribution < -0.4 is 0 Å². The second-order valence-electron chi connectivity index (χ2n) is 11.2. The second-order valence-corrected chi connectivity index (χ2v) is 13.3. The van der Waals surface area contributed by atoms with Gasteiger partial charge in [-0.25, -0.2) is 19.6 Å². The predicted octanol–water partition coefficient (Wildman–Crippen LogP) is 9.99. The molecule has 0 aliphatic rings. The molecule has 1 N–H and O–H groups in total. The SMILES string of the molecule is COC(=O)c1ccc(-c2nc(CSc3ccc(C)cc3)c(C)o2)cc1.Cc1ccc(SCc2nc(-c3ccc(C(=O)O)cc3)oc2C)cc1. The molecule has 0 bridgehead atoms. The first kappa shape index (κ1) is 35.3. The number of benzene rings is 4. The van der Waals surface area contributed by atoms with Crippen LogP contribution in [-0.2, 0) is 16.2 Å². The lowest BCUT2D eigenvalue weighted by molar-refractivity contribution is 0.0599. The summed E-state index contributed by atoms with van der Waals surface area (Å²) in [5, 5.41) is 8.95. The van der Waals surface area contributed by atoms with Gasteiger partial charge in [0.05, 0.1) is 29.6 Å². The Morgan fingerprint density at radius 1 is 0.612 bits per heavy atom. The van der Waals surface area contributed by atoms with Crippen LogP contribution in [-0.4, -0.2) is 34.1 Å². The van der Waals surface area contributed by atoms with Gasteiger partial charge in [-0.05, 0) is 100 Å². The van der Waals surface area contributed by atoms with Crippen molar-refractivity contribution >= 4 is 35.5 Å². The molecule has 0 atom stereocenters. The van der Waals surface area contributed by atoms with Crippen LogP contribution in [0.5, 0.6) is 0 Å². The maximum atomic E-state index is 11.5. The van der Waals surface area contributed by atoms with Gasteiger partial charge in [-0.15, -0.1) is 23.5 Å². The van der Waals surface area contributed by atoms with Crippen LogP contribution in [0, 0.1) is 27.7 Å². The number of hydrogen-bond acceptors (Lipinski definition) is 9. The van der Waals surface area contributed by atoms with Crippen molar-refractivity contribution in [2.45, 2.75) is 49.0 Å². The van der Waals surface area contributed by atoms with Gasteiger partial charge in [-0.3, -0.25) is 0 Å². The molecule has 0 amide bonds. The third kappa shape index (κ3) is 9.52. The summed E-state index contributed by atoms with van der Waals surface area (Å²) in [6.45, 7) is 7.96. The summed E-state index contributed by atoms with van der Waals surface area (Å²) in [7, 11) is 1.37. The third-order valence-corrected chi connectivity index (χ3v) is 9.56. The number of esters is 1. The number of rotatable bonds is 10. The van der Waals surface area contributed by atoms with E-state index in [1.807, 2.05) is 26.0 Å². The Kier molecular flexibility index (Phi) is 11.8. The maximum Gasteiger partial charge on any atom is 0.337 e. The number of ether oxygens (including phenoxy) is 1. The van der Waals surface area contributed by atoms with Crippen LogP contribution in [0.25, 0.3) is 22.9 Å². The van der Waals surface area contributed by atoms with Crippen LogP contribution in [0.15, 0.2) is 116 Å². The fraction of sp³-hybridized carbons (Fsp3) is 0.179. The molecule has 4 aromatic carbocycles. The Labute approximate surface area is 294 Å². The van der Waals surface area contributed by atoms with Crippen LogP contribution in [0.3, 0.4) is 0 Å². The summed E-state index contributed by atoms with van der Waals surface area (Å²) in [6.07, 6.45) is 0. The number of aromatic carboxylic acids is 1. The molecule has 0 aliphatic carbocycles.